The average Bonchev–Trinajstić information content (AvgIpc) is 3.30. The topological polar surface area (TPSA) is 73.8 Å². The van der Waals surface area contributed by atoms with E-state index in [1.807, 2.05) is 17.0 Å². The standard InChI is InChI=1S/C19H23ClN4O3S2/c20-16-3-4-17(21-14-16)22-9-11-23(12-10-22)19(25)15-5-7-24(8-6-15)29(26,27)18-2-1-13-28-18/h1-4,13-15H,5-12H2. The Morgan fingerprint density at radius 2 is 1.79 bits per heavy atom. The number of rotatable bonds is 4. The number of anilines is 1. The first kappa shape index (κ1) is 20.6. The van der Waals surface area contributed by atoms with Gasteiger partial charge in [0.1, 0.15) is 10.0 Å². The number of carbonyl (C=O) groups is 1. The van der Waals surface area contributed by atoms with Crippen LogP contribution in [0.15, 0.2) is 40.1 Å². The lowest BCUT2D eigenvalue weighted by molar-refractivity contribution is -0.137. The number of hydrogen-bond donors (Lipinski definition) is 0. The number of nitrogens with zero attached hydrogens (tertiary/aromatic N) is 4. The van der Waals surface area contributed by atoms with Gasteiger partial charge < -0.3 is 9.80 Å². The van der Waals surface area contributed by atoms with Gasteiger partial charge in [0.2, 0.25) is 5.91 Å². The molecular weight excluding hydrogens is 432 g/mol. The molecule has 2 aliphatic heterocycles. The number of piperazine rings is 1. The zero-order valence-corrected chi connectivity index (χ0v) is 18.3. The highest BCUT2D eigenvalue weighted by Gasteiger charge is 2.35. The van der Waals surface area contributed by atoms with Gasteiger partial charge in [0, 0.05) is 51.4 Å². The Hall–Kier alpha value is -1.68. The average molecular weight is 455 g/mol. The predicted octanol–water partition coefficient (Wildman–Crippen LogP) is 2.55. The van der Waals surface area contributed by atoms with Crippen LogP contribution < -0.4 is 4.90 Å². The molecule has 156 valence electrons. The summed E-state index contributed by atoms with van der Waals surface area (Å²) in [5, 5.41) is 2.37. The molecule has 0 unspecified atom stereocenters. The van der Waals surface area contributed by atoms with Gasteiger partial charge in [-0.15, -0.1) is 11.3 Å². The molecule has 0 aromatic carbocycles. The number of sulfonamides is 1. The predicted molar refractivity (Wildman–Crippen MR) is 114 cm³/mol. The molecule has 2 aromatic heterocycles. The molecule has 0 bridgehead atoms. The molecule has 4 rings (SSSR count). The molecule has 0 atom stereocenters. The molecule has 0 N–H and O–H groups in total. The Kier molecular flexibility index (Phi) is 6.10. The second-order valence-corrected chi connectivity index (χ2v) is 10.8. The van der Waals surface area contributed by atoms with E-state index in [-0.39, 0.29) is 11.8 Å². The van der Waals surface area contributed by atoms with Crippen molar-refractivity contribution in [2.24, 2.45) is 5.92 Å². The van der Waals surface area contributed by atoms with Crippen LogP contribution in [-0.2, 0) is 14.8 Å². The summed E-state index contributed by atoms with van der Waals surface area (Å²) >= 11 is 7.12. The Labute approximate surface area is 179 Å². The molecule has 0 saturated carbocycles. The molecule has 0 spiro atoms. The Morgan fingerprint density at radius 1 is 1.07 bits per heavy atom. The van der Waals surface area contributed by atoms with Crippen LogP contribution in [0, 0.1) is 5.92 Å². The third-order valence-electron chi connectivity index (χ3n) is 5.52. The number of pyridine rings is 1. The van der Waals surface area contributed by atoms with E-state index in [9.17, 15) is 13.2 Å². The van der Waals surface area contributed by atoms with Crippen molar-refractivity contribution in [3.8, 4) is 0 Å². The summed E-state index contributed by atoms with van der Waals surface area (Å²) in [5.41, 5.74) is 0. The fraction of sp³-hybridized carbons (Fsp3) is 0.474. The zero-order valence-electron chi connectivity index (χ0n) is 15.9. The summed E-state index contributed by atoms with van der Waals surface area (Å²) in [6.45, 7) is 3.54. The number of carbonyl (C=O) groups excluding carboxylic acids is 1. The van der Waals surface area contributed by atoms with Crippen molar-refractivity contribution in [1.82, 2.24) is 14.2 Å². The first-order valence-corrected chi connectivity index (χ1v) is 12.3. The maximum atomic E-state index is 12.9. The summed E-state index contributed by atoms with van der Waals surface area (Å²) in [6, 6.07) is 7.09. The van der Waals surface area contributed by atoms with E-state index < -0.39 is 10.0 Å². The van der Waals surface area contributed by atoms with Gasteiger partial charge in [0.05, 0.1) is 5.02 Å². The van der Waals surface area contributed by atoms with Crippen LogP contribution >= 0.6 is 22.9 Å². The Balaban J connectivity index is 1.30. The smallest absolute Gasteiger partial charge is 0.252 e. The van der Waals surface area contributed by atoms with E-state index in [2.05, 4.69) is 9.88 Å². The van der Waals surface area contributed by atoms with Gasteiger partial charge in [0.15, 0.2) is 0 Å². The molecule has 4 heterocycles. The first-order valence-electron chi connectivity index (χ1n) is 9.64. The fourth-order valence-corrected chi connectivity index (χ4v) is 6.58. The minimum Gasteiger partial charge on any atom is -0.353 e. The van der Waals surface area contributed by atoms with Gasteiger partial charge in [-0.05, 0) is 36.4 Å². The first-order chi connectivity index (χ1) is 13.9. The molecule has 10 heteroatoms. The highest BCUT2D eigenvalue weighted by molar-refractivity contribution is 7.91. The molecule has 2 aliphatic rings. The summed E-state index contributed by atoms with van der Waals surface area (Å²) in [6.07, 6.45) is 2.78. The summed E-state index contributed by atoms with van der Waals surface area (Å²) in [4.78, 5) is 21.3. The minimum atomic E-state index is -3.43. The lowest BCUT2D eigenvalue weighted by Crippen LogP contribution is -2.52. The van der Waals surface area contributed by atoms with E-state index >= 15 is 0 Å². The maximum Gasteiger partial charge on any atom is 0.252 e. The van der Waals surface area contributed by atoms with Gasteiger partial charge >= 0.3 is 0 Å². The summed E-state index contributed by atoms with van der Waals surface area (Å²) < 4.78 is 27.2. The van der Waals surface area contributed by atoms with E-state index in [0.29, 0.717) is 48.3 Å². The van der Waals surface area contributed by atoms with Crippen molar-refractivity contribution in [2.45, 2.75) is 17.1 Å². The molecule has 0 aliphatic carbocycles. The number of thiophene rings is 1. The number of amides is 1. The van der Waals surface area contributed by atoms with E-state index in [0.717, 1.165) is 18.9 Å². The van der Waals surface area contributed by atoms with Gasteiger partial charge in [0.25, 0.3) is 10.0 Å². The highest BCUT2D eigenvalue weighted by atomic mass is 35.5. The van der Waals surface area contributed by atoms with Crippen LogP contribution in [0.5, 0.6) is 0 Å². The molecule has 2 saturated heterocycles. The highest BCUT2D eigenvalue weighted by Crippen LogP contribution is 2.27. The van der Waals surface area contributed by atoms with Crippen molar-refractivity contribution >= 4 is 44.7 Å². The molecular formula is C19H23ClN4O3S2. The van der Waals surface area contributed by atoms with Crippen LogP contribution in [-0.4, -0.2) is 67.8 Å². The van der Waals surface area contributed by atoms with Crippen LogP contribution in [0.3, 0.4) is 0 Å². The maximum absolute atomic E-state index is 12.9. The third-order valence-corrected chi connectivity index (χ3v) is 9.01. The Morgan fingerprint density at radius 3 is 2.38 bits per heavy atom. The van der Waals surface area contributed by atoms with Crippen molar-refractivity contribution in [3.63, 3.8) is 0 Å². The monoisotopic (exact) mass is 454 g/mol. The normalized spacial score (nSPS) is 19.5. The SMILES string of the molecule is O=C(C1CCN(S(=O)(=O)c2cccs2)CC1)N1CCN(c2ccc(Cl)cn2)CC1. The molecule has 2 fully saturated rings. The zero-order chi connectivity index (χ0) is 20.4. The van der Waals surface area contributed by atoms with Crippen LogP contribution in [0.1, 0.15) is 12.8 Å². The second kappa shape index (κ2) is 8.59. The van der Waals surface area contributed by atoms with Gasteiger partial charge in [-0.1, -0.05) is 17.7 Å². The van der Waals surface area contributed by atoms with Crippen LogP contribution in [0.4, 0.5) is 5.82 Å². The van der Waals surface area contributed by atoms with E-state index in [1.165, 1.54) is 15.6 Å². The number of hydrogen-bond acceptors (Lipinski definition) is 6. The lowest BCUT2D eigenvalue weighted by atomic mass is 9.96. The molecule has 7 nitrogen and oxygen atoms in total. The molecule has 1 amide bonds. The summed E-state index contributed by atoms with van der Waals surface area (Å²) in [5.74, 6) is 0.903. The molecule has 2 aromatic rings. The van der Waals surface area contributed by atoms with Gasteiger partial charge in [-0.3, -0.25) is 4.79 Å². The second-order valence-electron chi connectivity index (χ2n) is 7.26. The summed E-state index contributed by atoms with van der Waals surface area (Å²) in [7, 11) is -3.43. The molecule has 29 heavy (non-hydrogen) atoms. The van der Waals surface area contributed by atoms with Crippen LogP contribution in [0.25, 0.3) is 0 Å². The minimum absolute atomic E-state index is 0.106. The van der Waals surface area contributed by atoms with E-state index in [4.69, 9.17) is 11.6 Å². The third kappa shape index (κ3) is 4.42. The lowest BCUT2D eigenvalue weighted by Gasteiger charge is -2.38. The van der Waals surface area contributed by atoms with Crippen molar-refractivity contribution in [1.29, 1.82) is 0 Å². The van der Waals surface area contributed by atoms with Gasteiger partial charge in [-0.25, -0.2) is 13.4 Å². The number of aromatic nitrogens is 1. The van der Waals surface area contributed by atoms with Gasteiger partial charge in [-0.2, -0.15) is 4.31 Å². The number of halogens is 1. The molecule has 0 radical (unpaired) electrons. The largest absolute Gasteiger partial charge is 0.353 e. The van der Waals surface area contributed by atoms with Crippen molar-refractivity contribution in [3.05, 3.63) is 40.9 Å². The quantitative estimate of drug-likeness (QED) is 0.709. The van der Waals surface area contributed by atoms with Crippen LogP contribution in [0.2, 0.25) is 5.02 Å². The van der Waals surface area contributed by atoms with Crippen molar-refractivity contribution in [2.75, 3.05) is 44.2 Å². The fourth-order valence-electron chi connectivity index (χ4n) is 3.85. The Bertz CT molecular complexity index is 934. The van der Waals surface area contributed by atoms with E-state index in [1.54, 1.807) is 23.7 Å². The number of piperidine rings is 1. The van der Waals surface area contributed by atoms with Crippen molar-refractivity contribution < 1.29 is 13.2 Å².